The third-order valence-electron chi connectivity index (χ3n) is 7.88. The van der Waals surface area contributed by atoms with Gasteiger partial charge in [0.2, 0.25) is 0 Å². The number of aromatic nitrogens is 2. The van der Waals surface area contributed by atoms with E-state index in [-0.39, 0.29) is 0 Å². The summed E-state index contributed by atoms with van der Waals surface area (Å²) in [6.45, 7) is 18.0. The van der Waals surface area contributed by atoms with Crippen molar-refractivity contribution in [2.24, 2.45) is 0 Å². The van der Waals surface area contributed by atoms with E-state index in [2.05, 4.69) is 44.3 Å². The van der Waals surface area contributed by atoms with E-state index < -0.39 is 41.8 Å². The fourth-order valence-electron chi connectivity index (χ4n) is 5.66. The second-order valence-corrected chi connectivity index (χ2v) is 27.4. The molecule has 45 heavy (non-hydrogen) atoms. The summed E-state index contributed by atoms with van der Waals surface area (Å²) in [7, 11) is 0. The fraction of sp³-hybridized carbons (Fsp3) is 0.541. The van der Waals surface area contributed by atoms with Gasteiger partial charge in [-0.1, -0.05) is 0 Å². The zero-order valence-electron chi connectivity index (χ0n) is 29.1. The second kappa shape index (κ2) is 16.1. The Hall–Kier alpha value is -2.81. The number of anilines is 1. The Kier molecular flexibility index (Phi) is 13.2. The zero-order valence-corrected chi connectivity index (χ0v) is 31.9. The summed E-state index contributed by atoms with van der Waals surface area (Å²) >= 11 is -2.76. The molecule has 0 radical (unpaired) electrons. The van der Waals surface area contributed by atoms with Crippen molar-refractivity contribution in [2.45, 2.75) is 125 Å². The molecule has 2 aromatic carbocycles. The van der Waals surface area contributed by atoms with Crippen LogP contribution in [0.25, 0.3) is 23.2 Å². The summed E-state index contributed by atoms with van der Waals surface area (Å²) in [5.41, 5.74) is 1.95. The number of carbonyl (C=O) groups excluding carboxylic acids is 2. The minimum absolute atomic E-state index is 0.421. The molecule has 0 aliphatic carbocycles. The number of amides is 1. The van der Waals surface area contributed by atoms with Crippen LogP contribution in [0, 0.1) is 0 Å². The van der Waals surface area contributed by atoms with Crippen molar-refractivity contribution < 1.29 is 19.1 Å². The summed E-state index contributed by atoms with van der Waals surface area (Å²) < 4.78 is 18.5. The Morgan fingerprint density at radius 2 is 1.36 bits per heavy atom. The molecule has 3 rings (SSSR count). The van der Waals surface area contributed by atoms with Crippen molar-refractivity contribution in [3.63, 3.8) is 0 Å². The van der Waals surface area contributed by atoms with Crippen molar-refractivity contribution >= 4 is 63.0 Å². The van der Waals surface area contributed by atoms with Gasteiger partial charge in [-0.15, -0.1) is 0 Å². The molecular formula is C37H55N3O4Sn. The van der Waals surface area contributed by atoms with Crippen LogP contribution in [0.1, 0.15) is 112 Å². The molecule has 1 N–H and O–H groups in total. The first-order chi connectivity index (χ1) is 21.2. The molecule has 0 atom stereocenters. The number of nitrogens with zero attached hydrogens (tertiary/aromatic N) is 2. The molecule has 3 aromatic rings. The first-order valence-electron chi connectivity index (χ1n) is 16.7. The Balaban J connectivity index is 2.04. The van der Waals surface area contributed by atoms with Crippen molar-refractivity contribution in [1.29, 1.82) is 0 Å². The fourth-order valence-corrected chi connectivity index (χ4v) is 21.6. The Morgan fingerprint density at radius 3 is 1.87 bits per heavy atom. The number of ether oxygens (including phenoxy) is 2. The maximum atomic E-state index is 13.7. The average Bonchev–Trinajstić information content (AvgIpc) is 3.32. The van der Waals surface area contributed by atoms with Gasteiger partial charge in [0.25, 0.3) is 0 Å². The molecule has 0 spiro atoms. The molecule has 0 aliphatic heterocycles. The molecule has 1 heterocycles. The van der Waals surface area contributed by atoms with Crippen LogP contribution in [0.2, 0.25) is 13.3 Å². The van der Waals surface area contributed by atoms with Crippen molar-refractivity contribution in [2.75, 3.05) is 5.32 Å². The number of fused-ring (bicyclic) bond motifs is 1. The molecule has 7 nitrogen and oxygen atoms in total. The van der Waals surface area contributed by atoms with Crippen LogP contribution in [-0.4, -0.2) is 51.3 Å². The molecule has 0 saturated carbocycles. The van der Waals surface area contributed by atoms with Crippen molar-refractivity contribution in [1.82, 2.24) is 9.55 Å². The van der Waals surface area contributed by atoms with Gasteiger partial charge in [0.05, 0.1) is 0 Å². The second-order valence-electron chi connectivity index (χ2n) is 14.2. The topological polar surface area (TPSA) is 82.5 Å². The summed E-state index contributed by atoms with van der Waals surface area (Å²) in [6.07, 6.45) is 10.3. The van der Waals surface area contributed by atoms with E-state index in [1.807, 2.05) is 78.0 Å². The van der Waals surface area contributed by atoms with Crippen LogP contribution < -0.4 is 8.90 Å². The van der Waals surface area contributed by atoms with E-state index in [4.69, 9.17) is 14.5 Å². The third-order valence-corrected chi connectivity index (χ3v) is 23.5. The van der Waals surface area contributed by atoms with Crippen LogP contribution in [0.5, 0.6) is 0 Å². The molecular weight excluding hydrogens is 669 g/mol. The van der Waals surface area contributed by atoms with E-state index in [0.29, 0.717) is 11.5 Å². The van der Waals surface area contributed by atoms with Gasteiger partial charge in [-0.2, -0.15) is 0 Å². The molecule has 246 valence electrons. The number of unbranched alkanes of at least 4 members (excludes halogenated alkanes) is 3. The first-order valence-corrected chi connectivity index (χ1v) is 24.2. The van der Waals surface area contributed by atoms with Crippen molar-refractivity contribution in [3.05, 3.63) is 53.9 Å². The van der Waals surface area contributed by atoms with Gasteiger partial charge >= 0.3 is 240 Å². The zero-order chi connectivity index (χ0) is 33.3. The van der Waals surface area contributed by atoms with Gasteiger partial charge in [-0.3, -0.25) is 0 Å². The van der Waals surface area contributed by atoms with Crippen LogP contribution in [0.4, 0.5) is 15.3 Å². The van der Waals surface area contributed by atoms with Gasteiger partial charge in [0.1, 0.15) is 5.60 Å². The number of carbonyl (C=O) groups is 2. The number of imidazole rings is 1. The van der Waals surface area contributed by atoms with Crippen LogP contribution in [0.15, 0.2) is 42.5 Å². The summed E-state index contributed by atoms with van der Waals surface area (Å²) in [5.74, 6) is 0.531. The third kappa shape index (κ3) is 10.9. The van der Waals surface area contributed by atoms with Gasteiger partial charge in [0.15, 0.2) is 0 Å². The predicted molar refractivity (Wildman–Crippen MR) is 191 cm³/mol. The SMILES string of the molecule is CCC[CH2][Sn]([CH2]CCC)([CH2]CCC)[c]1ccc2nc(/C=C/c3ccc(NC(=O)OC(C)(C)C)cc3)n(C(=O)OC(C)(C)C)c2c1. The summed E-state index contributed by atoms with van der Waals surface area (Å²) in [5, 5.41) is 2.76. The number of rotatable bonds is 13. The molecule has 0 unspecified atom stereocenters. The number of hydrogen-bond donors (Lipinski definition) is 1. The Bertz CT molecular complexity index is 1420. The summed E-state index contributed by atoms with van der Waals surface area (Å²) in [4.78, 5) is 30.8. The molecule has 8 heteroatoms. The van der Waals surface area contributed by atoms with E-state index in [1.165, 1.54) is 55.4 Å². The van der Waals surface area contributed by atoms with E-state index in [9.17, 15) is 9.59 Å². The molecule has 0 aliphatic rings. The van der Waals surface area contributed by atoms with Crippen LogP contribution >= 0.6 is 0 Å². The number of nitrogens with one attached hydrogen (secondary N) is 1. The monoisotopic (exact) mass is 725 g/mol. The van der Waals surface area contributed by atoms with Crippen LogP contribution in [-0.2, 0) is 9.47 Å². The number of hydrogen-bond acceptors (Lipinski definition) is 5. The quantitative estimate of drug-likeness (QED) is 0.178. The van der Waals surface area contributed by atoms with Crippen LogP contribution in [0.3, 0.4) is 0 Å². The standard InChI is InChI=1S/C25H28N3O4.3C4H9.Sn/c1-24(2,3)31-22(29)26-18-14-11-17(12-15-18)13-16-21-27-19-9-7-8-10-20(19)28(21)23(30)32-25(4,5)6;3*1-3-4-2;/h7,9-16H,1-6H3,(H,26,29);3*1,3-4H2,2H3;/b16-13+;;;;. The van der Waals surface area contributed by atoms with Gasteiger partial charge in [0, 0.05) is 0 Å². The minimum atomic E-state index is -2.76. The summed E-state index contributed by atoms with van der Waals surface area (Å²) in [6, 6.07) is 14.2. The van der Waals surface area contributed by atoms with Gasteiger partial charge in [-0.25, -0.2) is 4.79 Å². The number of benzene rings is 2. The van der Waals surface area contributed by atoms with Gasteiger partial charge < -0.3 is 4.74 Å². The molecule has 0 fully saturated rings. The molecule has 0 bridgehead atoms. The predicted octanol–water partition coefficient (Wildman–Crippen LogP) is 10.4. The van der Waals surface area contributed by atoms with Gasteiger partial charge in [-0.05, 0) is 20.8 Å². The Labute approximate surface area is 275 Å². The van der Waals surface area contributed by atoms with E-state index in [1.54, 1.807) is 4.57 Å². The van der Waals surface area contributed by atoms with E-state index >= 15 is 0 Å². The first kappa shape index (κ1) is 36.7. The average molecular weight is 725 g/mol. The van der Waals surface area contributed by atoms with Crippen molar-refractivity contribution in [3.8, 4) is 0 Å². The molecule has 1 aromatic heterocycles. The molecule has 1 amide bonds. The normalized spacial score (nSPS) is 12.6. The van der Waals surface area contributed by atoms with E-state index in [0.717, 1.165) is 16.6 Å². The Morgan fingerprint density at radius 1 is 0.800 bits per heavy atom. The maximum absolute atomic E-state index is 13.7. The molecule has 0 saturated heterocycles.